The molecule has 0 aliphatic carbocycles. The summed E-state index contributed by atoms with van der Waals surface area (Å²) in [6.07, 6.45) is 3.65. The molecule has 0 atom stereocenters. The largest absolute Gasteiger partial charge is 0.444 e. The quantitative estimate of drug-likeness (QED) is 0.788. The summed E-state index contributed by atoms with van der Waals surface area (Å²) in [5, 5.41) is 0. The molecule has 0 unspecified atom stereocenters. The fourth-order valence-corrected chi connectivity index (χ4v) is 2.54. The number of hydrogen-bond donors (Lipinski definition) is 0. The minimum atomic E-state index is -0.420. The molecule has 0 spiro atoms. The van der Waals surface area contributed by atoms with Crippen LogP contribution in [-0.2, 0) is 4.74 Å². The van der Waals surface area contributed by atoms with Crippen LogP contribution >= 0.6 is 0 Å². The summed E-state index contributed by atoms with van der Waals surface area (Å²) < 4.78 is 5.41. The number of aryl methyl sites for hydroxylation is 1. The van der Waals surface area contributed by atoms with E-state index < -0.39 is 5.60 Å². The van der Waals surface area contributed by atoms with Gasteiger partial charge in [-0.15, -0.1) is 0 Å². The zero-order valence-corrected chi connectivity index (χ0v) is 12.8. The monoisotopic (exact) mass is 276 g/mol. The predicted octanol–water partition coefficient (Wildman–Crippen LogP) is 3.50. The van der Waals surface area contributed by atoms with Gasteiger partial charge in [-0.3, -0.25) is 4.98 Å². The van der Waals surface area contributed by atoms with Crippen molar-refractivity contribution in [3.63, 3.8) is 0 Å². The molecule has 0 bridgehead atoms. The molecule has 1 amide bonds. The van der Waals surface area contributed by atoms with E-state index in [2.05, 4.69) is 17.1 Å². The van der Waals surface area contributed by atoms with Gasteiger partial charge in [-0.2, -0.15) is 0 Å². The topological polar surface area (TPSA) is 42.4 Å². The minimum Gasteiger partial charge on any atom is -0.444 e. The van der Waals surface area contributed by atoms with Gasteiger partial charge in [-0.05, 0) is 64.2 Å². The van der Waals surface area contributed by atoms with Crippen LogP contribution in [0.15, 0.2) is 18.3 Å². The van der Waals surface area contributed by atoms with Crippen LogP contribution in [0.3, 0.4) is 0 Å². The standard InChI is InChI=1S/C16H24N2O2/c1-12-11-14(5-8-17-12)13-6-9-18(10-7-13)15(19)20-16(2,3)4/h5,8,11,13H,6-7,9-10H2,1-4H3. The second-order valence-corrected chi connectivity index (χ2v) is 6.47. The zero-order chi connectivity index (χ0) is 14.8. The summed E-state index contributed by atoms with van der Waals surface area (Å²) in [5.41, 5.74) is 1.97. The number of carbonyl (C=O) groups is 1. The summed E-state index contributed by atoms with van der Waals surface area (Å²) in [7, 11) is 0. The Morgan fingerprint density at radius 1 is 1.35 bits per heavy atom. The van der Waals surface area contributed by atoms with Crippen molar-refractivity contribution in [2.24, 2.45) is 0 Å². The Bertz CT molecular complexity index is 472. The van der Waals surface area contributed by atoms with Gasteiger partial charge in [-0.1, -0.05) is 0 Å². The summed E-state index contributed by atoms with van der Waals surface area (Å²) in [6.45, 7) is 9.24. The highest BCUT2D eigenvalue weighted by Crippen LogP contribution is 2.28. The van der Waals surface area contributed by atoms with Crippen molar-refractivity contribution >= 4 is 6.09 Å². The Labute approximate surface area is 121 Å². The van der Waals surface area contributed by atoms with Crippen molar-refractivity contribution in [3.05, 3.63) is 29.6 Å². The van der Waals surface area contributed by atoms with E-state index in [1.54, 1.807) is 0 Å². The number of rotatable bonds is 1. The van der Waals surface area contributed by atoms with Crippen LogP contribution in [0, 0.1) is 6.92 Å². The third-order valence-electron chi connectivity index (χ3n) is 3.54. The highest BCUT2D eigenvalue weighted by molar-refractivity contribution is 5.68. The lowest BCUT2D eigenvalue weighted by atomic mass is 9.90. The number of nitrogens with zero attached hydrogens (tertiary/aromatic N) is 2. The predicted molar refractivity (Wildman–Crippen MR) is 78.8 cm³/mol. The highest BCUT2D eigenvalue weighted by Gasteiger charge is 2.27. The third-order valence-corrected chi connectivity index (χ3v) is 3.54. The second-order valence-electron chi connectivity index (χ2n) is 6.47. The number of pyridine rings is 1. The summed E-state index contributed by atoms with van der Waals surface area (Å²) in [5.74, 6) is 0.524. The molecule has 1 aromatic heterocycles. The fourth-order valence-electron chi connectivity index (χ4n) is 2.54. The van der Waals surface area contributed by atoms with E-state index >= 15 is 0 Å². The van der Waals surface area contributed by atoms with Gasteiger partial charge in [0, 0.05) is 25.0 Å². The van der Waals surface area contributed by atoms with E-state index in [0.717, 1.165) is 31.6 Å². The van der Waals surface area contributed by atoms with Crippen molar-refractivity contribution in [1.82, 2.24) is 9.88 Å². The first kappa shape index (κ1) is 14.8. The van der Waals surface area contributed by atoms with Crippen LogP contribution in [0.4, 0.5) is 4.79 Å². The van der Waals surface area contributed by atoms with Crippen molar-refractivity contribution in [2.75, 3.05) is 13.1 Å². The molecule has 4 nitrogen and oxygen atoms in total. The van der Waals surface area contributed by atoms with Gasteiger partial charge < -0.3 is 9.64 Å². The average molecular weight is 276 g/mol. The Morgan fingerprint density at radius 2 is 2.00 bits per heavy atom. The number of hydrogen-bond acceptors (Lipinski definition) is 3. The van der Waals surface area contributed by atoms with Crippen LogP contribution in [0.1, 0.15) is 50.8 Å². The van der Waals surface area contributed by atoms with Crippen LogP contribution in [0.25, 0.3) is 0 Å². The maximum atomic E-state index is 12.0. The number of piperidine rings is 1. The molecule has 0 aromatic carbocycles. The summed E-state index contributed by atoms with van der Waals surface area (Å²) in [6, 6.07) is 4.23. The first-order valence-electron chi connectivity index (χ1n) is 7.25. The maximum absolute atomic E-state index is 12.0. The summed E-state index contributed by atoms with van der Waals surface area (Å²) >= 11 is 0. The summed E-state index contributed by atoms with van der Waals surface area (Å²) in [4.78, 5) is 18.1. The number of carbonyl (C=O) groups excluding carboxylic acids is 1. The molecule has 1 aromatic rings. The van der Waals surface area contributed by atoms with Gasteiger partial charge in [0.15, 0.2) is 0 Å². The lowest BCUT2D eigenvalue weighted by molar-refractivity contribution is 0.0205. The Morgan fingerprint density at radius 3 is 2.55 bits per heavy atom. The molecule has 110 valence electrons. The van der Waals surface area contributed by atoms with E-state index in [-0.39, 0.29) is 6.09 Å². The molecule has 1 aliphatic rings. The van der Waals surface area contributed by atoms with Gasteiger partial charge in [0.1, 0.15) is 5.60 Å². The molecule has 1 fully saturated rings. The average Bonchev–Trinajstić information content (AvgIpc) is 2.37. The Hall–Kier alpha value is -1.58. The van der Waals surface area contributed by atoms with Gasteiger partial charge in [-0.25, -0.2) is 4.79 Å². The van der Waals surface area contributed by atoms with E-state index in [4.69, 9.17) is 4.74 Å². The molecule has 0 radical (unpaired) electrons. The normalized spacial score (nSPS) is 17.1. The van der Waals surface area contributed by atoms with E-state index in [1.165, 1.54) is 5.56 Å². The molecule has 20 heavy (non-hydrogen) atoms. The fraction of sp³-hybridized carbons (Fsp3) is 0.625. The second kappa shape index (κ2) is 5.81. The number of aromatic nitrogens is 1. The number of ether oxygens (including phenoxy) is 1. The molecule has 4 heteroatoms. The van der Waals surface area contributed by atoms with Crippen molar-refractivity contribution in [1.29, 1.82) is 0 Å². The maximum Gasteiger partial charge on any atom is 0.410 e. The third kappa shape index (κ3) is 3.95. The van der Waals surface area contributed by atoms with E-state index in [0.29, 0.717) is 5.92 Å². The molecule has 1 aliphatic heterocycles. The smallest absolute Gasteiger partial charge is 0.410 e. The van der Waals surface area contributed by atoms with Crippen molar-refractivity contribution in [2.45, 2.75) is 52.1 Å². The van der Waals surface area contributed by atoms with Crippen LogP contribution in [-0.4, -0.2) is 34.7 Å². The molecule has 1 saturated heterocycles. The van der Waals surface area contributed by atoms with E-state index in [9.17, 15) is 4.79 Å². The first-order valence-corrected chi connectivity index (χ1v) is 7.25. The lowest BCUT2D eigenvalue weighted by Gasteiger charge is -2.33. The minimum absolute atomic E-state index is 0.193. The molecule has 0 saturated carbocycles. The Kier molecular flexibility index (Phi) is 4.31. The first-order chi connectivity index (χ1) is 9.35. The molecule has 2 rings (SSSR count). The van der Waals surface area contributed by atoms with Crippen LogP contribution in [0.5, 0.6) is 0 Å². The lowest BCUT2D eigenvalue weighted by Crippen LogP contribution is -2.41. The van der Waals surface area contributed by atoms with Gasteiger partial charge in [0.2, 0.25) is 0 Å². The van der Waals surface area contributed by atoms with Crippen molar-refractivity contribution in [3.8, 4) is 0 Å². The SMILES string of the molecule is Cc1cc(C2CCN(C(=O)OC(C)(C)C)CC2)ccn1. The highest BCUT2D eigenvalue weighted by atomic mass is 16.6. The van der Waals surface area contributed by atoms with Gasteiger partial charge in [0.25, 0.3) is 0 Å². The van der Waals surface area contributed by atoms with Gasteiger partial charge in [0.05, 0.1) is 0 Å². The van der Waals surface area contributed by atoms with Gasteiger partial charge >= 0.3 is 6.09 Å². The van der Waals surface area contributed by atoms with Crippen molar-refractivity contribution < 1.29 is 9.53 Å². The number of likely N-dealkylation sites (tertiary alicyclic amines) is 1. The molecule has 2 heterocycles. The molecular formula is C16H24N2O2. The molecular weight excluding hydrogens is 252 g/mol. The molecule has 0 N–H and O–H groups in total. The Balaban J connectivity index is 1.91. The zero-order valence-electron chi connectivity index (χ0n) is 12.8. The number of amides is 1. The van der Waals surface area contributed by atoms with Crippen LogP contribution < -0.4 is 0 Å². The van der Waals surface area contributed by atoms with E-state index in [1.807, 2.05) is 38.8 Å². The van der Waals surface area contributed by atoms with Crippen LogP contribution in [0.2, 0.25) is 0 Å².